The lowest BCUT2D eigenvalue weighted by Gasteiger charge is -2.32. The van der Waals surface area contributed by atoms with E-state index in [0.717, 1.165) is 19.5 Å². The van der Waals surface area contributed by atoms with Crippen LogP contribution in [0.25, 0.3) is 10.8 Å². The number of nitrogens with one attached hydrogen (secondary N) is 1. The van der Waals surface area contributed by atoms with Crippen molar-refractivity contribution in [2.75, 3.05) is 31.6 Å². The molecule has 0 radical (unpaired) electrons. The number of hydrogen-bond donors (Lipinski definition) is 1. The van der Waals surface area contributed by atoms with E-state index in [0.29, 0.717) is 19.0 Å². The molecule has 1 aromatic heterocycles. The first-order chi connectivity index (χ1) is 13.2. The molecule has 1 aliphatic heterocycles. The van der Waals surface area contributed by atoms with Gasteiger partial charge in [0, 0.05) is 38.8 Å². The number of carbonyl (C=O) groups is 1. The fraction of sp³-hybridized carbons (Fsp3) is 0.333. The van der Waals surface area contributed by atoms with Crippen LogP contribution in [-0.4, -0.2) is 52.9 Å². The normalized spacial score (nSPS) is 17.9. The molecular weight excluding hydrogens is 340 g/mol. The smallest absolute Gasteiger partial charge is 0.239 e. The molecule has 1 aliphatic rings. The summed E-state index contributed by atoms with van der Waals surface area (Å²) in [5.41, 5.74) is 1.29. The minimum absolute atomic E-state index is 0.0421. The van der Waals surface area contributed by atoms with E-state index < -0.39 is 0 Å². The van der Waals surface area contributed by atoms with Crippen LogP contribution >= 0.6 is 0 Å². The molecule has 0 aliphatic carbocycles. The van der Waals surface area contributed by atoms with E-state index in [2.05, 4.69) is 57.8 Å². The summed E-state index contributed by atoms with van der Waals surface area (Å²) < 4.78 is 7.65. The minimum atomic E-state index is -0.0421. The van der Waals surface area contributed by atoms with Crippen molar-refractivity contribution in [2.45, 2.75) is 12.5 Å². The third-order valence-corrected chi connectivity index (χ3v) is 4.90. The van der Waals surface area contributed by atoms with E-state index in [-0.39, 0.29) is 12.0 Å². The first kappa shape index (κ1) is 17.7. The van der Waals surface area contributed by atoms with Crippen molar-refractivity contribution in [1.82, 2.24) is 14.7 Å². The van der Waals surface area contributed by atoms with Gasteiger partial charge in [-0.05, 0) is 16.3 Å². The third kappa shape index (κ3) is 4.35. The Bertz CT molecular complexity index is 931. The monoisotopic (exact) mass is 364 g/mol. The van der Waals surface area contributed by atoms with Gasteiger partial charge in [0.2, 0.25) is 5.91 Å². The molecule has 0 saturated carbocycles. The first-order valence-electron chi connectivity index (χ1n) is 9.27. The Hall–Kier alpha value is -2.70. The number of hydrogen-bond acceptors (Lipinski definition) is 4. The highest BCUT2D eigenvalue weighted by molar-refractivity contribution is 5.91. The van der Waals surface area contributed by atoms with Crippen molar-refractivity contribution >= 4 is 22.5 Å². The van der Waals surface area contributed by atoms with Crippen molar-refractivity contribution in [3.63, 3.8) is 0 Å². The van der Waals surface area contributed by atoms with Gasteiger partial charge in [-0.1, -0.05) is 42.5 Å². The van der Waals surface area contributed by atoms with Crippen LogP contribution in [0.4, 0.5) is 5.82 Å². The average molecular weight is 364 g/mol. The van der Waals surface area contributed by atoms with Crippen LogP contribution in [0.1, 0.15) is 5.56 Å². The molecule has 1 fully saturated rings. The molecule has 6 heteroatoms. The number of amides is 1. The Kier molecular flexibility index (Phi) is 5.18. The molecule has 2 aromatic carbocycles. The summed E-state index contributed by atoms with van der Waals surface area (Å²) in [5.74, 6) is 0.544. The molecule has 0 bridgehead atoms. The Morgan fingerprint density at radius 1 is 1.22 bits per heavy atom. The van der Waals surface area contributed by atoms with Crippen LogP contribution in [0, 0.1) is 0 Å². The maximum Gasteiger partial charge on any atom is 0.239 e. The number of rotatable bonds is 5. The maximum atomic E-state index is 12.3. The zero-order valence-electron chi connectivity index (χ0n) is 15.5. The predicted octanol–water partition coefficient (Wildman–Crippen LogP) is 2.46. The van der Waals surface area contributed by atoms with Gasteiger partial charge in [-0.15, -0.1) is 0 Å². The molecule has 2 heterocycles. The average Bonchev–Trinajstić information content (AvgIpc) is 3.07. The van der Waals surface area contributed by atoms with Gasteiger partial charge in [-0.25, -0.2) is 0 Å². The number of aryl methyl sites for hydroxylation is 1. The summed E-state index contributed by atoms with van der Waals surface area (Å²) in [4.78, 5) is 14.4. The molecule has 1 atom stereocenters. The van der Waals surface area contributed by atoms with Crippen molar-refractivity contribution in [3.05, 3.63) is 60.3 Å². The number of morpholine rings is 1. The number of anilines is 1. The van der Waals surface area contributed by atoms with Crippen LogP contribution in [-0.2, 0) is 23.0 Å². The second-order valence-corrected chi connectivity index (χ2v) is 6.99. The molecule has 1 amide bonds. The van der Waals surface area contributed by atoms with Gasteiger partial charge in [0.1, 0.15) is 0 Å². The van der Waals surface area contributed by atoms with Crippen molar-refractivity contribution in [1.29, 1.82) is 0 Å². The van der Waals surface area contributed by atoms with Crippen LogP contribution < -0.4 is 5.32 Å². The lowest BCUT2D eigenvalue weighted by Crippen LogP contribution is -2.46. The molecule has 0 unspecified atom stereocenters. The van der Waals surface area contributed by atoms with Gasteiger partial charge in [-0.2, -0.15) is 5.10 Å². The fourth-order valence-corrected chi connectivity index (χ4v) is 3.63. The quantitative estimate of drug-likeness (QED) is 0.756. The summed E-state index contributed by atoms with van der Waals surface area (Å²) in [6, 6.07) is 16.6. The molecule has 140 valence electrons. The maximum absolute atomic E-state index is 12.3. The second kappa shape index (κ2) is 7.90. The molecular formula is C21H24N4O2. The molecule has 1 saturated heterocycles. The predicted molar refractivity (Wildman–Crippen MR) is 106 cm³/mol. The summed E-state index contributed by atoms with van der Waals surface area (Å²) in [5, 5.41) is 9.55. The topological polar surface area (TPSA) is 59.4 Å². The van der Waals surface area contributed by atoms with Crippen molar-refractivity contribution in [3.8, 4) is 0 Å². The number of carbonyl (C=O) groups excluding carboxylic acids is 1. The summed E-state index contributed by atoms with van der Waals surface area (Å²) in [6.45, 7) is 2.51. The van der Waals surface area contributed by atoms with Gasteiger partial charge < -0.3 is 10.1 Å². The van der Waals surface area contributed by atoms with Gasteiger partial charge in [0.05, 0.1) is 19.3 Å². The Labute approximate surface area is 158 Å². The highest BCUT2D eigenvalue weighted by Gasteiger charge is 2.23. The SMILES string of the molecule is Cn1ccc(NC(=O)CN2CCO[C@H](Cc3cccc4ccccc34)C2)n1. The van der Waals surface area contributed by atoms with Crippen LogP contribution in [0.2, 0.25) is 0 Å². The van der Waals surface area contributed by atoms with E-state index in [1.54, 1.807) is 10.7 Å². The van der Waals surface area contributed by atoms with Gasteiger partial charge in [-0.3, -0.25) is 14.4 Å². The van der Waals surface area contributed by atoms with E-state index in [4.69, 9.17) is 4.74 Å². The molecule has 0 spiro atoms. The summed E-state index contributed by atoms with van der Waals surface area (Å²) >= 11 is 0. The zero-order chi connectivity index (χ0) is 18.6. The second-order valence-electron chi connectivity index (χ2n) is 6.99. The lowest BCUT2D eigenvalue weighted by atomic mass is 9.99. The van der Waals surface area contributed by atoms with E-state index in [1.165, 1.54) is 16.3 Å². The van der Waals surface area contributed by atoms with Crippen molar-refractivity contribution < 1.29 is 9.53 Å². The molecule has 27 heavy (non-hydrogen) atoms. The van der Waals surface area contributed by atoms with Gasteiger partial charge >= 0.3 is 0 Å². The molecule has 3 aromatic rings. The van der Waals surface area contributed by atoms with Gasteiger partial charge in [0.15, 0.2) is 5.82 Å². The molecule has 1 N–H and O–H groups in total. The van der Waals surface area contributed by atoms with Crippen molar-refractivity contribution in [2.24, 2.45) is 7.05 Å². The van der Waals surface area contributed by atoms with Crippen LogP contribution in [0.3, 0.4) is 0 Å². The Morgan fingerprint density at radius 2 is 2.07 bits per heavy atom. The molecule has 6 nitrogen and oxygen atoms in total. The van der Waals surface area contributed by atoms with Crippen LogP contribution in [0.5, 0.6) is 0 Å². The lowest BCUT2D eigenvalue weighted by molar-refractivity contribution is -0.119. The number of fused-ring (bicyclic) bond motifs is 1. The largest absolute Gasteiger partial charge is 0.375 e. The van der Waals surface area contributed by atoms with E-state index in [9.17, 15) is 4.79 Å². The number of aromatic nitrogens is 2. The zero-order valence-corrected chi connectivity index (χ0v) is 15.5. The molecule has 4 rings (SSSR count). The van der Waals surface area contributed by atoms with E-state index in [1.807, 2.05) is 13.2 Å². The standard InChI is InChI=1S/C21H24N4O2/c1-24-10-9-20(23-24)22-21(26)15-25-11-12-27-18(14-25)13-17-7-4-6-16-5-2-3-8-19(16)17/h2-10,18H,11-15H2,1H3,(H,22,23,26)/t18-/m1/s1. The Morgan fingerprint density at radius 3 is 2.93 bits per heavy atom. The fourth-order valence-electron chi connectivity index (χ4n) is 3.63. The van der Waals surface area contributed by atoms with Gasteiger partial charge in [0.25, 0.3) is 0 Å². The highest BCUT2D eigenvalue weighted by atomic mass is 16.5. The summed E-state index contributed by atoms with van der Waals surface area (Å²) in [6.07, 6.45) is 2.75. The highest BCUT2D eigenvalue weighted by Crippen LogP contribution is 2.21. The summed E-state index contributed by atoms with van der Waals surface area (Å²) in [7, 11) is 1.83. The number of ether oxygens (including phenoxy) is 1. The minimum Gasteiger partial charge on any atom is -0.375 e. The number of benzene rings is 2. The number of nitrogens with zero attached hydrogens (tertiary/aromatic N) is 3. The Balaban J connectivity index is 1.37. The first-order valence-corrected chi connectivity index (χ1v) is 9.27. The van der Waals surface area contributed by atoms with E-state index >= 15 is 0 Å². The van der Waals surface area contributed by atoms with Crippen LogP contribution in [0.15, 0.2) is 54.7 Å². The third-order valence-electron chi connectivity index (χ3n) is 4.90.